The van der Waals surface area contributed by atoms with Gasteiger partial charge >= 0.3 is 0 Å². The number of halogens is 1. The molecule has 0 saturated carbocycles. The summed E-state index contributed by atoms with van der Waals surface area (Å²) in [5.41, 5.74) is 3.27. The second kappa shape index (κ2) is 5.32. The van der Waals surface area contributed by atoms with E-state index in [1.165, 1.54) is 0 Å². The molecule has 1 aromatic heterocycles. The van der Waals surface area contributed by atoms with Crippen molar-refractivity contribution in [3.05, 3.63) is 63.9 Å². The first-order valence-electron chi connectivity index (χ1n) is 5.78. The molecule has 1 heterocycles. The summed E-state index contributed by atoms with van der Waals surface area (Å²) >= 11 is 6.05. The van der Waals surface area contributed by atoms with E-state index in [4.69, 9.17) is 11.6 Å². The fourth-order valence-electron chi connectivity index (χ4n) is 1.91. The van der Waals surface area contributed by atoms with Crippen molar-refractivity contribution in [2.75, 3.05) is 0 Å². The molecule has 0 aliphatic heterocycles. The number of hydrogen-bond donors (Lipinski definition) is 0. The molecule has 0 fully saturated rings. The third-order valence-electron chi connectivity index (χ3n) is 2.71. The van der Waals surface area contributed by atoms with Crippen molar-refractivity contribution in [1.82, 2.24) is 4.98 Å². The number of ketones is 1. The van der Waals surface area contributed by atoms with Crippen molar-refractivity contribution in [2.24, 2.45) is 0 Å². The molecular weight excluding hydrogens is 246 g/mol. The lowest BCUT2D eigenvalue weighted by atomic mass is 10.0. The molecule has 0 atom stereocenters. The van der Waals surface area contributed by atoms with Gasteiger partial charge in [0.2, 0.25) is 0 Å². The summed E-state index contributed by atoms with van der Waals surface area (Å²) in [7, 11) is 0. The Morgan fingerprint density at radius 3 is 2.39 bits per heavy atom. The fraction of sp³-hybridized carbons (Fsp3) is 0.200. The van der Waals surface area contributed by atoms with Crippen LogP contribution in [0.25, 0.3) is 0 Å². The van der Waals surface area contributed by atoms with Crippen molar-refractivity contribution in [2.45, 2.75) is 20.3 Å². The van der Waals surface area contributed by atoms with Crippen LogP contribution in [0.1, 0.15) is 27.3 Å². The van der Waals surface area contributed by atoms with Crippen LogP contribution in [0.5, 0.6) is 0 Å². The number of carbonyl (C=O) groups is 1. The van der Waals surface area contributed by atoms with Gasteiger partial charge in [-0.25, -0.2) is 0 Å². The molecule has 0 unspecified atom stereocenters. The summed E-state index contributed by atoms with van der Waals surface area (Å²) < 4.78 is 0. The molecule has 0 aliphatic rings. The topological polar surface area (TPSA) is 30.0 Å². The average Bonchev–Trinajstić information content (AvgIpc) is 2.31. The standard InChI is InChI=1S/C15H14ClNO/c1-10-7-13(8-11(2)17-10)15(18)9-12-5-3-4-6-14(12)16/h3-8H,9H2,1-2H3. The first-order chi connectivity index (χ1) is 8.56. The van der Waals surface area contributed by atoms with E-state index >= 15 is 0 Å². The maximum atomic E-state index is 12.2. The van der Waals surface area contributed by atoms with Crippen molar-refractivity contribution in [3.63, 3.8) is 0 Å². The summed E-state index contributed by atoms with van der Waals surface area (Å²) in [4.78, 5) is 16.4. The molecule has 2 aromatic rings. The second-order valence-electron chi connectivity index (χ2n) is 4.33. The maximum Gasteiger partial charge on any atom is 0.167 e. The SMILES string of the molecule is Cc1cc(C(=O)Cc2ccccc2Cl)cc(C)n1. The summed E-state index contributed by atoms with van der Waals surface area (Å²) in [6.45, 7) is 3.78. The summed E-state index contributed by atoms with van der Waals surface area (Å²) in [6.07, 6.45) is 0.322. The predicted octanol–water partition coefficient (Wildman–Crippen LogP) is 3.78. The minimum Gasteiger partial charge on any atom is -0.294 e. The van der Waals surface area contributed by atoms with Gasteiger partial charge in [-0.05, 0) is 37.6 Å². The molecule has 2 rings (SSSR count). The molecule has 1 aromatic carbocycles. The molecule has 0 aliphatic carbocycles. The zero-order chi connectivity index (χ0) is 13.1. The van der Waals surface area contributed by atoms with Gasteiger partial charge in [0, 0.05) is 28.4 Å². The van der Waals surface area contributed by atoms with Crippen molar-refractivity contribution < 1.29 is 4.79 Å². The third kappa shape index (κ3) is 2.96. The molecule has 0 bridgehead atoms. The maximum absolute atomic E-state index is 12.2. The monoisotopic (exact) mass is 259 g/mol. The predicted molar refractivity (Wildman–Crippen MR) is 73.2 cm³/mol. The normalized spacial score (nSPS) is 10.4. The molecule has 0 radical (unpaired) electrons. The van der Waals surface area contributed by atoms with Crippen LogP contribution < -0.4 is 0 Å². The second-order valence-corrected chi connectivity index (χ2v) is 4.74. The minimum atomic E-state index is 0.0664. The Bertz CT molecular complexity index is 573. The highest BCUT2D eigenvalue weighted by Gasteiger charge is 2.10. The van der Waals surface area contributed by atoms with Crippen molar-refractivity contribution >= 4 is 17.4 Å². The third-order valence-corrected chi connectivity index (χ3v) is 3.08. The molecule has 0 N–H and O–H groups in total. The number of aromatic nitrogens is 1. The molecular formula is C15H14ClNO. The summed E-state index contributed by atoms with van der Waals surface area (Å²) in [5.74, 6) is 0.0664. The molecule has 3 heteroatoms. The Kier molecular flexibility index (Phi) is 3.78. The van der Waals surface area contributed by atoms with Gasteiger partial charge in [0.1, 0.15) is 0 Å². The lowest BCUT2D eigenvalue weighted by Crippen LogP contribution is -2.05. The lowest BCUT2D eigenvalue weighted by Gasteiger charge is -2.05. The van der Waals surface area contributed by atoms with Crippen molar-refractivity contribution in [1.29, 1.82) is 0 Å². The summed E-state index contributed by atoms with van der Waals surface area (Å²) in [5, 5.41) is 0.633. The molecule has 0 saturated heterocycles. The van der Waals surface area contributed by atoms with E-state index in [9.17, 15) is 4.79 Å². The Morgan fingerprint density at radius 2 is 1.78 bits per heavy atom. The number of benzene rings is 1. The number of hydrogen-bond acceptors (Lipinski definition) is 2. The van der Waals surface area contributed by atoms with E-state index in [1.54, 1.807) is 6.07 Å². The minimum absolute atomic E-state index is 0.0664. The van der Waals surface area contributed by atoms with Crippen LogP contribution >= 0.6 is 11.6 Å². The largest absolute Gasteiger partial charge is 0.294 e. The highest BCUT2D eigenvalue weighted by atomic mass is 35.5. The van der Waals surface area contributed by atoms with Crippen LogP contribution in [-0.4, -0.2) is 10.8 Å². The van der Waals surface area contributed by atoms with Gasteiger partial charge in [0.15, 0.2) is 5.78 Å². The Labute approximate surface area is 112 Å². The molecule has 0 spiro atoms. The van der Waals surface area contributed by atoms with E-state index in [0.717, 1.165) is 17.0 Å². The Balaban J connectivity index is 2.25. The van der Waals surface area contributed by atoms with Crippen molar-refractivity contribution in [3.8, 4) is 0 Å². The van der Waals surface area contributed by atoms with Gasteiger partial charge in [-0.15, -0.1) is 0 Å². The van der Waals surface area contributed by atoms with E-state index in [2.05, 4.69) is 4.98 Å². The molecule has 2 nitrogen and oxygen atoms in total. The lowest BCUT2D eigenvalue weighted by molar-refractivity contribution is 0.0992. The van der Waals surface area contributed by atoms with Gasteiger partial charge in [0.05, 0.1) is 0 Å². The van der Waals surface area contributed by atoms with Gasteiger partial charge < -0.3 is 0 Å². The highest BCUT2D eigenvalue weighted by Crippen LogP contribution is 2.17. The number of carbonyl (C=O) groups excluding carboxylic acids is 1. The van der Waals surface area contributed by atoms with Gasteiger partial charge in [-0.1, -0.05) is 29.8 Å². The molecule has 92 valence electrons. The van der Waals surface area contributed by atoms with Crippen LogP contribution in [0, 0.1) is 13.8 Å². The smallest absolute Gasteiger partial charge is 0.167 e. The average molecular weight is 260 g/mol. The Hall–Kier alpha value is -1.67. The number of aryl methyl sites for hydroxylation is 2. The number of rotatable bonds is 3. The van der Waals surface area contributed by atoms with Gasteiger partial charge in [0.25, 0.3) is 0 Å². The van der Waals surface area contributed by atoms with Gasteiger partial charge in [-0.2, -0.15) is 0 Å². The molecule has 0 amide bonds. The van der Waals surface area contributed by atoms with Crippen LogP contribution in [0.15, 0.2) is 36.4 Å². The van der Waals surface area contributed by atoms with E-state index in [-0.39, 0.29) is 5.78 Å². The van der Waals surface area contributed by atoms with Crippen LogP contribution in [0.2, 0.25) is 5.02 Å². The first kappa shape index (κ1) is 12.8. The van der Waals surface area contributed by atoms with E-state index < -0.39 is 0 Å². The van der Waals surface area contributed by atoms with Gasteiger partial charge in [-0.3, -0.25) is 9.78 Å². The zero-order valence-corrected chi connectivity index (χ0v) is 11.2. The van der Waals surface area contributed by atoms with E-state index in [0.29, 0.717) is 17.0 Å². The number of Topliss-reactive ketones (excluding diaryl/α,β-unsaturated/α-hetero) is 1. The summed E-state index contributed by atoms with van der Waals surface area (Å²) in [6, 6.07) is 11.0. The first-order valence-corrected chi connectivity index (χ1v) is 6.16. The number of nitrogens with zero attached hydrogens (tertiary/aromatic N) is 1. The fourth-order valence-corrected chi connectivity index (χ4v) is 2.11. The molecule has 18 heavy (non-hydrogen) atoms. The van der Waals surface area contributed by atoms with Crippen LogP contribution in [0.4, 0.5) is 0 Å². The quantitative estimate of drug-likeness (QED) is 0.786. The highest BCUT2D eigenvalue weighted by molar-refractivity contribution is 6.31. The van der Waals surface area contributed by atoms with Crippen LogP contribution in [0.3, 0.4) is 0 Å². The number of pyridine rings is 1. The Morgan fingerprint density at radius 1 is 1.17 bits per heavy atom. The zero-order valence-electron chi connectivity index (χ0n) is 10.4. The van der Waals surface area contributed by atoms with Crippen LogP contribution in [-0.2, 0) is 6.42 Å². The van der Waals surface area contributed by atoms with E-state index in [1.807, 2.05) is 44.2 Å².